The summed E-state index contributed by atoms with van der Waals surface area (Å²) in [5.41, 5.74) is 4.74. The van der Waals surface area contributed by atoms with E-state index in [0.29, 0.717) is 4.47 Å². The Morgan fingerprint density at radius 1 is 1.38 bits per heavy atom. The van der Waals surface area contributed by atoms with Gasteiger partial charge >= 0.3 is 0 Å². The first-order valence-corrected chi connectivity index (χ1v) is 4.42. The smallest absolute Gasteiger partial charge is 0.168 e. The first-order chi connectivity index (χ1) is 6.00. The van der Waals surface area contributed by atoms with Crippen molar-refractivity contribution in [3.8, 4) is 0 Å². The third-order valence-electron chi connectivity index (χ3n) is 1.26. The molecule has 0 aliphatic heterocycles. The molecule has 0 saturated carbocycles. The molecule has 0 amide bonds. The molecule has 0 atom stereocenters. The van der Waals surface area contributed by atoms with Crippen molar-refractivity contribution in [1.29, 1.82) is 0 Å². The van der Waals surface area contributed by atoms with E-state index in [2.05, 4.69) is 33.5 Å². The lowest BCUT2D eigenvalue weighted by Gasteiger charge is -2.06. The number of anilines is 1. The molecule has 1 rings (SSSR count). The fourth-order valence-corrected chi connectivity index (χ4v) is 1.29. The summed E-state index contributed by atoms with van der Waals surface area (Å²) in [7, 11) is 0. The van der Waals surface area contributed by atoms with E-state index >= 15 is 0 Å². The third-order valence-corrected chi connectivity index (χ3v) is 1.81. The molecule has 6 heteroatoms. The maximum absolute atomic E-state index is 13.0. The molecule has 1 aromatic rings. The Morgan fingerprint density at radius 2 is 1.85 bits per heavy atom. The van der Waals surface area contributed by atoms with Gasteiger partial charge < -0.3 is 11.1 Å². The molecule has 0 aliphatic carbocycles. The second-order valence-corrected chi connectivity index (χ2v) is 3.59. The largest absolute Gasteiger partial charge is 0.376 e. The van der Waals surface area contributed by atoms with Crippen LogP contribution in [0.5, 0.6) is 0 Å². The molecule has 0 aromatic heterocycles. The van der Waals surface area contributed by atoms with Gasteiger partial charge in [0.05, 0.1) is 0 Å². The highest BCUT2D eigenvalue weighted by Crippen LogP contribution is 2.23. The van der Waals surface area contributed by atoms with Crippen LogP contribution in [0.2, 0.25) is 0 Å². The summed E-state index contributed by atoms with van der Waals surface area (Å²) >= 11 is 7.39. The lowest BCUT2D eigenvalue weighted by molar-refractivity contribution is 0.590. The van der Waals surface area contributed by atoms with Crippen molar-refractivity contribution >= 4 is 38.9 Å². The van der Waals surface area contributed by atoms with E-state index in [4.69, 9.17) is 5.73 Å². The molecule has 0 fully saturated rings. The molecule has 2 nitrogen and oxygen atoms in total. The van der Waals surface area contributed by atoms with Crippen LogP contribution in [0.4, 0.5) is 14.5 Å². The van der Waals surface area contributed by atoms with Crippen molar-refractivity contribution in [3.05, 3.63) is 28.2 Å². The van der Waals surface area contributed by atoms with Crippen molar-refractivity contribution < 1.29 is 8.78 Å². The number of thiocarbonyl (C=S) groups is 1. The monoisotopic (exact) mass is 266 g/mol. The topological polar surface area (TPSA) is 38.0 Å². The van der Waals surface area contributed by atoms with Crippen LogP contribution < -0.4 is 11.1 Å². The van der Waals surface area contributed by atoms with E-state index in [-0.39, 0.29) is 10.8 Å². The summed E-state index contributed by atoms with van der Waals surface area (Å²) in [6.07, 6.45) is 0. The average Bonchev–Trinajstić information content (AvgIpc) is 1.96. The summed E-state index contributed by atoms with van der Waals surface area (Å²) in [4.78, 5) is 0. The summed E-state index contributed by atoms with van der Waals surface area (Å²) in [6.45, 7) is 0. The van der Waals surface area contributed by atoms with Crippen LogP contribution in [-0.2, 0) is 0 Å². The fourth-order valence-electron chi connectivity index (χ4n) is 0.785. The Kier molecular flexibility index (Phi) is 3.16. The Balaban J connectivity index is 3.13. The molecular weight excluding hydrogens is 262 g/mol. The normalized spacial score (nSPS) is 9.77. The zero-order chi connectivity index (χ0) is 10.0. The molecule has 1 aromatic carbocycles. The minimum Gasteiger partial charge on any atom is -0.376 e. The van der Waals surface area contributed by atoms with Crippen molar-refractivity contribution in [1.82, 2.24) is 0 Å². The Labute approximate surface area is 87.2 Å². The number of nitrogens with two attached hydrogens (primary N) is 1. The SMILES string of the molecule is NC(=S)Nc1c(F)cc(Br)cc1F. The Bertz CT molecular complexity index is 333. The highest BCUT2D eigenvalue weighted by molar-refractivity contribution is 9.10. The minimum absolute atomic E-state index is 0.180. The second-order valence-electron chi connectivity index (χ2n) is 2.23. The van der Waals surface area contributed by atoms with E-state index in [0.717, 1.165) is 12.1 Å². The number of hydrogen-bond donors (Lipinski definition) is 2. The van der Waals surface area contributed by atoms with Gasteiger partial charge in [-0.25, -0.2) is 8.78 Å². The van der Waals surface area contributed by atoms with E-state index in [9.17, 15) is 8.78 Å². The first kappa shape index (κ1) is 10.3. The predicted octanol–water partition coefficient (Wildman–Crippen LogP) is 2.38. The van der Waals surface area contributed by atoms with E-state index in [1.54, 1.807) is 0 Å². The van der Waals surface area contributed by atoms with Crippen molar-refractivity contribution in [3.63, 3.8) is 0 Å². The Hall–Kier alpha value is -0.750. The van der Waals surface area contributed by atoms with E-state index in [1.165, 1.54) is 0 Å². The fraction of sp³-hybridized carbons (Fsp3) is 0. The average molecular weight is 267 g/mol. The molecular formula is C7H5BrF2N2S. The number of rotatable bonds is 1. The molecule has 0 unspecified atom stereocenters. The lowest BCUT2D eigenvalue weighted by atomic mass is 10.3. The molecule has 0 radical (unpaired) electrons. The minimum atomic E-state index is -0.750. The number of benzene rings is 1. The number of hydrogen-bond acceptors (Lipinski definition) is 1. The van der Waals surface area contributed by atoms with Crippen molar-refractivity contribution in [2.24, 2.45) is 5.73 Å². The van der Waals surface area contributed by atoms with Gasteiger partial charge in [0, 0.05) is 4.47 Å². The predicted molar refractivity (Wildman–Crippen MR) is 54.5 cm³/mol. The summed E-state index contributed by atoms with van der Waals surface area (Å²) in [5.74, 6) is -1.50. The van der Waals surface area contributed by atoms with Crippen molar-refractivity contribution in [2.75, 3.05) is 5.32 Å². The first-order valence-electron chi connectivity index (χ1n) is 3.21. The van der Waals surface area contributed by atoms with Crippen LogP contribution in [0.15, 0.2) is 16.6 Å². The van der Waals surface area contributed by atoms with E-state index < -0.39 is 11.6 Å². The van der Waals surface area contributed by atoms with Gasteiger partial charge in [0.25, 0.3) is 0 Å². The lowest BCUT2D eigenvalue weighted by Crippen LogP contribution is -2.20. The Morgan fingerprint density at radius 3 is 2.23 bits per heavy atom. The summed E-state index contributed by atoms with van der Waals surface area (Å²) < 4.78 is 26.4. The van der Waals surface area contributed by atoms with Crippen LogP contribution >= 0.6 is 28.1 Å². The maximum Gasteiger partial charge on any atom is 0.168 e. The highest BCUT2D eigenvalue weighted by atomic mass is 79.9. The van der Waals surface area contributed by atoms with E-state index in [1.807, 2.05) is 0 Å². The zero-order valence-electron chi connectivity index (χ0n) is 6.27. The van der Waals surface area contributed by atoms with Gasteiger partial charge in [-0.05, 0) is 24.4 Å². The third kappa shape index (κ3) is 2.60. The molecule has 0 bridgehead atoms. The van der Waals surface area contributed by atoms with Crippen LogP contribution in [-0.4, -0.2) is 5.11 Å². The van der Waals surface area contributed by atoms with Gasteiger partial charge in [-0.2, -0.15) is 0 Å². The standard InChI is InChI=1S/C7H5BrF2N2S/c8-3-1-4(9)6(5(10)2-3)12-7(11)13/h1-2H,(H3,11,12,13). The zero-order valence-corrected chi connectivity index (χ0v) is 8.68. The molecule has 0 aliphatic rings. The van der Waals surface area contributed by atoms with Gasteiger partial charge in [0.1, 0.15) is 5.69 Å². The summed E-state index contributed by atoms with van der Waals surface area (Å²) in [6, 6.07) is 2.23. The number of nitrogens with one attached hydrogen (secondary N) is 1. The molecule has 3 N–H and O–H groups in total. The van der Waals surface area contributed by atoms with Crippen LogP contribution in [0.3, 0.4) is 0 Å². The highest BCUT2D eigenvalue weighted by Gasteiger charge is 2.10. The molecule has 0 spiro atoms. The molecule has 70 valence electrons. The number of halogens is 3. The molecule has 0 heterocycles. The summed E-state index contributed by atoms with van der Waals surface area (Å²) in [5, 5.41) is 2.03. The quantitative estimate of drug-likeness (QED) is 0.767. The van der Waals surface area contributed by atoms with Crippen molar-refractivity contribution in [2.45, 2.75) is 0 Å². The van der Waals surface area contributed by atoms with Gasteiger partial charge in [0.2, 0.25) is 0 Å². The molecule has 0 saturated heterocycles. The van der Waals surface area contributed by atoms with Gasteiger partial charge in [0.15, 0.2) is 16.7 Å². The van der Waals surface area contributed by atoms with Crippen LogP contribution in [0, 0.1) is 11.6 Å². The maximum atomic E-state index is 13.0. The van der Waals surface area contributed by atoms with Crippen LogP contribution in [0.25, 0.3) is 0 Å². The van der Waals surface area contributed by atoms with Crippen LogP contribution in [0.1, 0.15) is 0 Å². The van der Waals surface area contributed by atoms with Gasteiger partial charge in [-0.3, -0.25) is 0 Å². The molecule has 13 heavy (non-hydrogen) atoms. The van der Waals surface area contributed by atoms with Gasteiger partial charge in [-0.15, -0.1) is 0 Å². The van der Waals surface area contributed by atoms with Gasteiger partial charge in [-0.1, -0.05) is 15.9 Å². The second kappa shape index (κ2) is 3.97.